The number of para-hydroxylation sites is 1. The molecule has 0 radical (unpaired) electrons. The Morgan fingerprint density at radius 3 is 2.74 bits per heavy atom. The zero-order valence-electron chi connectivity index (χ0n) is 14.6. The van der Waals surface area contributed by atoms with Gasteiger partial charge in [-0.2, -0.15) is 0 Å². The van der Waals surface area contributed by atoms with Gasteiger partial charge in [0, 0.05) is 24.8 Å². The molecule has 3 heterocycles. The molecular weight excluding hydrogens is 348 g/mol. The van der Waals surface area contributed by atoms with E-state index in [9.17, 15) is 14.7 Å². The van der Waals surface area contributed by atoms with E-state index < -0.39 is 18.1 Å². The van der Waals surface area contributed by atoms with Gasteiger partial charge in [-0.15, -0.1) is 0 Å². The van der Waals surface area contributed by atoms with Crippen molar-refractivity contribution in [2.75, 3.05) is 13.7 Å². The van der Waals surface area contributed by atoms with Gasteiger partial charge in [-0.1, -0.05) is 18.2 Å². The number of aliphatic hydroxyl groups is 1. The lowest BCUT2D eigenvalue weighted by atomic mass is 10.2. The number of imidazole rings is 1. The minimum absolute atomic E-state index is 0.0785. The van der Waals surface area contributed by atoms with Gasteiger partial charge in [-0.05, 0) is 18.2 Å². The molecule has 0 saturated carbocycles. The number of methoxy groups -OCH3 is 1. The first-order valence-corrected chi connectivity index (χ1v) is 8.54. The van der Waals surface area contributed by atoms with E-state index in [-0.39, 0.29) is 18.9 Å². The van der Waals surface area contributed by atoms with E-state index in [2.05, 4.69) is 9.97 Å². The van der Waals surface area contributed by atoms with Gasteiger partial charge in [0.05, 0.1) is 18.8 Å². The first-order valence-electron chi connectivity index (χ1n) is 8.54. The van der Waals surface area contributed by atoms with E-state index >= 15 is 0 Å². The molecule has 0 bridgehead atoms. The highest BCUT2D eigenvalue weighted by Gasteiger charge is 2.40. The van der Waals surface area contributed by atoms with Crippen molar-refractivity contribution in [3.63, 3.8) is 0 Å². The second-order valence-corrected chi connectivity index (χ2v) is 6.40. The number of benzene rings is 1. The Morgan fingerprint density at radius 2 is 2.00 bits per heavy atom. The van der Waals surface area contributed by atoms with Crippen molar-refractivity contribution in [3.05, 3.63) is 54.5 Å². The lowest BCUT2D eigenvalue weighted by molar-refractivity contribution is -0.145. The predicted molar refractivity (Wildman–Crippen MR) is 96.3 cm³/mol. The predicted octanol–water partition coefficient (Wildman–Crippen LogP) is 1.17. The number of amides is 1. The minimum atomic E-state index is -0.796. The van der Waals surface area contributed by atoms with Crippen molar-refractivity contribution in [3.8, 4) is 5.69 Å². The van der Waals surface area contributed by atoms with E-state index in [1.165, 1.54) is 18.2 Å². The Kier molecular flexibility index (Phi) is 4.33. The van der Waals surface area contributed by atoms with E-state index in [1.54, 1.807) is 12.4 Å². The van der Waals surface area contributed by atoms with Gasteiger partial charge < -0.3 is 14.7 Å². The topological polar surface area (TPSA) is 97.6 Å². The summed E-state index contributed by atoms with van der Waals surface area (Å²) in [6.07, 6.45) is 2.52. The number of aliphatic hydroxyl groups excluding tert-OH is 1. The van der Waals surface area contributed by atoms with Crippen LogP contribution in [0.5, 0.6) is 0 Å². The number of esters is 1. The van der Waals surface area contributed by atoms with Gasteiger partial charge in [0.1, 0.15) is 17.9 Å². The zero-order valence-corrected chi connectivity index (χ0v) is 14.6. The minimum Gasteiger partial charge on any atom is -0.467 e. The highest BCUT2D eigenvalue weighted by atomic mass is 16.5. The summed E-state index contributed by atoms with van der Waals surface area (Å²) in [5.74, 6) is -0.923. The summed E-state index contributed by atoms with van der Waals surface area (Å²) in [7, 11) is 1.26. The number of hydrogen-bond donors (Lipinski definition) is 1. The number of pyridine rings is 1. The maximum Gasteiger partial charge on any atom is 0.328 e. The smallest absolute Gasteiger partial charge is 0.328 e. The summed E-state index contributed by atoms with van der Waals surface area (Å²) in [5, 5.41) is 9.88. The summed E-state index contributed by atoms with van der Waals surface area (Å²) in [5.41, 5.74) is 2.42. The Labute approximate surface area is 155 Å². The zero-order chi connectivity index (χ0) is 19.0. The lowest BCUT2D eigenvalue weighted by Gasteiger charge is -2.22. The van der Waals surface area contributed by atoms with Crippen molar-refractivity contribution in [2.45, 2.75) is 18.6 Å². The Morgan fingerprint density at radius 1 is 1.22 bits per heavy atom. The van der Waals surface area contributed by atoms with Crippen molar-refractivity contribution < 1.29 is 19.4 Å². The van der Waals surface area contributed by atoms with E-state index in [0.29, 0.717) is 16.7 Å². The highest BCUT2D eigenvalue weighted by Crippen LogP contribution is 2.23. The molecule has 27 heavy (non-hydrogen) atoms. The standard InChI is InChI=1S/C19H18N4O4/c1-27-19(26)16-8-14(24)10-22(16)18(25)12-7-15-17(20-9-12)23(11-21-15)13-5-3-2-4-6-13/h2-7,9,11,14,16,24H,8,10H2,1H3/t14-,16+/m1/s1. The number of carbonyl (C=O) groups excluding carboxylic acids is 2. The largest absolute Gasteiger partial charge is 0.467 e. The Balaban J connectivity index is 1.66. The summed E-state index contributed by atoms with van der Waals surface area (Å²) < 4.78 is 6.58. The molecule has 2 aromatic heterocycles. The Hall–Kier alpha value is -3.26. The molecule has 2 atom stereocenters. The van der Waals surface area contributed by atoms with Gasteiger partial charge in [-0.25, -0.2) is 14.8 Å². The number of fused-ring (bicyclic) bond motifs is 1. The third kappa shape index (κ3) is 3.04. The fraction of sp³-hybridized carbons (Fsp3) is 0.263. The number of likely N-dealkylation sites (tertiary alicyclic amines) is 1. The molecule has 0 spiro atoms. The molecule has 1 amide bonds. The number of nitrogens with zero attached hydrogens (tertiary/aromatic N) is 4. The van der Waals surface area contributed by atoms with Crippen LogP contribution in [0.25, 0.3) is 16.9 Å². The molecule has 4 rings (SSSR count). The van der Waals surface area contributed by atoms with Crippen LogP contribution in [-0.2, 0) is 9.53 Å². The third-order valence-electron chi connectivity index (χ3n) is 4.68. The van der Waals surface area contributed by atoms with Crippen LogP contribution in [0.15, 0.2) is 48.9 Å². The summed E-state index contributed by atoms with van der Waals surface area (Å²) in [4.78, 5) is 34.9. The molecular formula is C19H18N4O4. The number of ether oxygens (including phenoxy) is 1. The molecule has 0 unspecified atom stereocenters. The monoisotopic (exact) mass is 366 g/mol. The maximum absolute atomic E-state index is 12.9. The molecule has 8 nitrogen and oxygen atoms in total. The van der Waals surface area contributed by atoms with E-state index in [1.807, 2.05) is 34.9 Å². The molecule has 1 N–H and O–H groups in total. The first-order chi connectivity index (χ1) is 13.1. The number of aromatic nitrogens is 3. The molecule has 0 aliphatic carbocycles. The molecule has 1 saturated heterocycles. The van der Waals surface area contributed by atoms with Crippen molar-refractivity contribution in [1.29, 1.82) is 0 Å². The number of carbonyl (C=O) groups is 2. The maximum atomic E-state index is 12.9. The average Bonchev–Trinajstić information content (AvgIpc) is 3.30. The fourth-order valence-electron chi connectivity index (χ4n) is 3.36. The quantitative estimate of drug-likeness (QED) is 0.699. The van der Waals surface area contributed by atoms with Crippen LogP contribution in [0.4, 0.5) is 0 Å². The van der Waals surface area contributed by atoms with Crippen LogP contribution in [-0.4, -0.2) is 62.2 Å². The van der Waals surface area contributed by atoms with Gasteiger partial charge in [-0.3, -0.25) is 9.36 Å². The lowest BCUT2D eigenvalue weighted by Crippen LogP contribution is -2.41. The summed E-state index contributed by atoms with van der Waals surface area (Å²) in [6, 6.07) is 10.5. The van der Waals surface area contributed by atoms with Gasteiger partial charge >= 0.3 is 5.97 Å². The molecule has 1 aliphatic rings. The second-order valence-electron chi connectivity index (χ2n) is 6.40. The van der Waals surface area contributed by atoms with Crippen LogP contribution in [0.3, 0.4) is 0 Å². The van der Waals surface area contributed by atoms with E-state index in [4.69, 9.17) is 4.74 Å². The number of β-amino-alcohol motifs (C(OH)–C–C–N with tert-alkyl or cyclic N) is 1. The molecule has 1 aliphatic heterocycles. The molecule has 1 fully saturated rings. The summed E-state index contributed by atoms with van der Waals surface area (Å²) >= 11 is 0. The van der Waals surface area contributed by atoms with Gasteiger partial charge in [0.25, 0.3) is 5.91 Å². The fourth-order valence-corrected chi connectivity index (χ4v) is 3.36. The summed E-state index contributed by atoms with van der Waals surface area (Å²) in [6.45, 7) is 0.0785. The normalized spacial score (nSPS) is 19.4. The van der Waals surface area contributed by atoms with Crippen LogP contribution >= 0.6 is 0 Å². The second kappa shape index (κ2) is 6.81. The third-order valence-corrected chi connectivity index (χ3v) is 4.68. The molecule has 8 heteroatoms. The van der Waals surface area contributed by atoms with Gasteiger partial charge in [0.2, 0.25) is 0 Å². The highest BCUT2D eigenvalue weighted by molar-refractivity contribution is 5.99. The van der Waals surface area contributed by atoms with Crippen LogP contribution in [0, 0.1) is 0 Å². The number of hydrogen-bond acceptors (Lipinski definition) is 6. The van der Waals surface area contributed by atoms with Crippen LogP contribution in [0.2, 0.25) is 0 Å². The molecule has 138 valence electrons. The molecule has 3 aromatic rings. The van der Waals surface area contributed by atoms with Crippen molar-refractivity contribution in [1.82, 2.24) is 19.4 Å². The van der Waals surface area contributed by atoms with Crippen molar-refractivity contribution >= 4 is 23.0 Å². The number of rotatable bonds is 3. The van der Waals surface area contributed by atoms with Crippen LogP contribution < -0.4 is 0 Å². The van der Waals surface area contributed by atoms with Gasteiger partial charge in [0.15, 0.2) is 5.65 Å². The van der Waals surface area contributed by atoms with Crippen LogP contribution in [0.1, 0.15) is 16.8 Å². The van der Waals surface area contributed by atoms with E-state index in [0.717, 1.165) is 5.69 Å². The SMILES string of the molecule is COC(=O)[C@@H]1C[C@@H](O)CN1C(=O)c1cnc2c(c1)ncn2-c1ccccc1. The molecule has 1 aromatic carbocycles. The Bertz CT molecular complexity index is 1000. The van der Waals surface area contributed by atoms with Crippen molar-refractivity contribution in [2.24, 2.45) is 0 Å². The first kappa shape index (κ1) is 17.2. The average molecular weight is 366 g/mol.